The first-order chi connectivity index (χ1) is 13.2. The molecule has 0 saturated carbocycles. The molecule has 3 rings (SSSR count). The SMILES string of the molecule is COCCCNC(=O)CN1CCCc2nc(-c3ccncc3)ncc2C1=O. The average Bonchev–Trinajstić information content (AvgIpc) is 2.85. The molecule has 0 spiro atoms. The molecular formula is C19H23N5O3. The highest BCUT2D eigenvalue weighted by Gasteiger charge is 2.25. The van der Waals surface area contributed by atoms with E-state index in [1.54, 1.807) is 30.6 Å². The summed E-state index contributed by atoms with van der Waals surface area (Å²) in [6.45, 7) is 1.68. The van der Waals surface area contributed by atoms with Crippen molar-refractivity contribution in [3.05, 3.63) is 42.0 Å². The van der Waals surface area contributed by atoms with Gasteiger partial charge in [0.2, 0.25) is 5.91 Å². The topological polar surface area (TPSA) is 97.3 Å². The zero-order valence-corrected chi connectivity index (χ0v) is 15.4. The lowest BCUT2D eigenvalue weighted by molar-refractivity contribution is -0.121. The number of rotatable bonds is 7. The second kappa shape index (κ2) is 9.18. The summed E-state index contributed by atoms with van der Waals surface area (Å²) in [7, 11) is 1.62. The monoisotopic (exact) mass is 369 g/mol. The van der Waals surface area contributed by atoms with Gasteiger partial charge < -0.3 is 15.0 Å². The largest absolute Gasteiger partial charge is 0.385 e. The van der Waals surface area contributed by atoms with Gasteiger partial charge >= 0.3 is 0 Å². The van der Waals surface area contributed by atoms with E-state index in [0.717, 1.165) is 24.1 Å². The number of pyridine rings is 1. The van der Waals surface area contributed by atoms with Crippen LogP contribution < -0.4 is 5.32 Å². The van der Waals surface area contributed by atoms with E-state index in [9.17, 15) is 9.59 Å². The van der Waals surface area contributed by atoms with Crippen LogP contribution in [-0.2, 0) is 16.0 Å². The molecule has 27 heavy (non-hydrogen) atoms. The minimum Gasteiger partial charge on any atom is -0.385 e. The van der Waals surface area contributed by atoms with Gasteiger partial charge in [-0.3, -0.25) is 14.6 Å². The van der Waals surface area contributed by atoms with Crippen LogP contribution in [0.4, 0.5) is 0 Å². The minimum atomic E-state index is -0.198. The van der Waals surface area contributed by atoms with Crippen LogP contribution in [0.1, 0.15) is 28.9 Å². The summed E-state index contributed by atoms with van der Waals surface area (Å²) in [4.78, 5) is 39.4. The number of nitrogens with one attached hydrogen (secondary N) is 1. The third kappa shape index (κ3) is 4.85. The molecule has 0 unspecified atom stereocenters. The highest BCUT2D eigenvalue weighted by molar-refractivity contribution is 5.97. The number of hydrogen-bond donors (Lipinski definition) is 1. The number of amides is 2. The average molecular weight is 369 g/mol. The predicted molar refractivity (Wildman–Crippen MR) is 99.0 cm³/mol. The molecule has 0 atom stereocenters. The molecule has 1 aliphatic heterocycles. The zero-order valence-electron chi connectivity index (χ0n) is 15.4. The minimum absolute atomic E-state index is 0.0390. The van der Waals surface area contributed by atoms with Crippen LogP contribution in [0, 0.1) is 0 Å². The van der Waals surface area contributed by atoms with Crippen LogP contribution >= 0.6 is 0 Å². The van der Waals surface area contributed by atoms with Gasteiger partial charge in [0.15, 0.2) is 5.82 Å². The first-order valence-electron chi connectivity index (χ1n) is 9.00. The summed E-state index contributed by atoms with van der Waals surface area (Å²) < 4.78 is 4.95. The first-order valence-corrected chi connectivity index (χ1v) is 9.00. The summed E-state index contributed by atoms with van der Waals surface area (Å²) in [5, 5.41) is 2.81. The molecule has 0 radical (unpaired) electrons. The number of ether oxygens (including phenoxy) is 1. The molecule has 8 nitrogen and oxygen atoms in total. The van der Waals surface area contributed by atoms with Crippen molar-refractivity contribution >= 4 is 11.8 Å². The Hall–Kier alpha value is -2.87. The highest BCUT2D eigenvalue weighted by Crippen LogP contribution is 2.20. The molecule has 8 heteroatoms. The summed E-state index contributed by atoms with van der Waals surface area (Å²) in [6, 6.07) is 3.67. The standard InChI is InChI=1S/C19H23N5O3/c1-27-11-3-7-21-17(25)13-24-10-2-4-16-15(19(24)26)12-22-18(23-16)14-5-8-20-9-6-14/h5-6,8-9,12H,2-4,7,10-11,13H2,1H3,(H,21,25). The van der Waals surface area contributed by atoms with Crippen LogP contribution in [0.5, 0.6) is 0 Å². The third-order valence-corrected chi connectivity index (χ3v) is 4.35. The van der Waals surface area contributed by atoms with E-state index >= 15 is 0 Å². The van der Waals surface area contributed by atoms with Gasteiger partial charge in [0.25, 0.3) is 5.91 Å². The molecule has 2 aromatic heterocycles. The number of nitrogens with zero attached hydrogens (tertiary/aromatic N) is 4. The van der Waals surface area contributed by atoms with Crippen molar-refractivity contribution < 1.29 is 14.3 Å². The van der Waals surface area contributed by atoms with Crippen LogP contribution in [0.15, 0.2) is 30.7 Å². The number of carbonyl (C=O) groups excluding carboxylic acids is 2. The quantitative estimate of drug-likeness (QED) is 0.734. The molecule has 1 aliphatic rings. The van der Waals surface area contributed by atoms with E-state index in [1.165, 1.54) is 0 Å². The second-order valence-corrected chi connectivity index (χ2v) is 6.32. The Morgan fingerprint density at radius 2 is 2.15 bits per heavy atom. The Morgan fingerprint density at radius 1 is 1.33 bits per heavy atom. The maximum Gasteiger partial charge on any atom is 0.257 e. The van der Waals surface area contributed by atoms with E-state index in [1.807, 2.05) is 12.1 Å². The molecule has 0 bridgehead atoms. The smallest absolute Gasteiger partial charge is 0.257 e. The fraction of sp³-hybridized carbons (Fsp3) is 0.421. The molecule has 0 fully saturated rings. The lowest BCUT2D eigenvalue weighted by Gasteiger charge is -2.20. The van der Waals surface area contributed by atoms with Crippen LogP contribution in [0.25, 0.3) is 11.4 Å². The summed E-state index contributed by atoms with van der Waals surface area (Å²) >= 11 is 0. The number of fused-ring (bicyclic) bond motifs is 1. The number of hydrogen-bond acceptors (Lipinski definition) is 6. The fourth-order valence-corrected chi connectivity index (χ4v) is 2.96. The van der Waals surface area contributed by atoms with E-state index in [2.05, 4.69) is 20.3 Å². The lowest BCUT2D eigenvalue weighted by Crippen LogP contribution is -2.41. The van der Waals surface area contributed by atoms with Crippen molar-refractivity contribution in [2.45, 2.75) is 19.3 Å². The van der Waals surface area contributed by atoms with E-state index in [4.69, 9.17) is 4.74 Å². The normalized spacial score (nSPS) is 13.8. The molecule has 2 aromatic rings. The van der Waals surface area contributed by atoms with Crippen molar-refractivity contribution in [2.24, 2.45) is 0 Å². The van der Waals surface area contributed by atoms with Crippen molar-refractivity contribution in [3.63, 3.8) is 0 Å². The van der Waals surface area contributed by atoms with Crippen LogP contribution in [0.2, 0.25) is 0 Å². The van der Waals surface area contributed by atoms with Crippen LogP contribution in [-0.4, -0.2) is 65.0 Å². The van der Waals surface area contributed by atoms with Gasteiger partial charge in [-0.05, 0) is 31.4 Å². The molecular weight excluding hydrogens is 346 g/mol. The summed E-state index contributed by atoms with van der Waals surface area (Å²) in [5.41, 5.74) is 2.05. The molecule has 1 N–H and O–H groups in total. The Labute approximate surface area is 158 Å². The molecule has 0 aliphatic carbocycles. The number of aryl methyl sites for hydroxylation is 1. The maximum atomic E-state index is 12.8. The second-order valence-electron chi connectivity index (χ2n) is 6.32. The predicted octanol–water partition coefficient (Wildman–Crippen LogP) is 1.08. The van der Waals surface area contributed by atoms with Gasteiger partial charge in [0.05, 0.1) is 17.8 Å². The molecule has 3 heterocycles. The Morgan fingerprint density at radius 3 is 2.93 bits per heavy atom. The first kappa shape index (κ1) is 18.9. The summed E-state index contributed by atoms with van der Waals surface area (Å²) in [6.07, 6.45) is 7.10. The molecule has 0 saturated heterocycles. The molecule has 0 aromatic carbocycles. The van der Waals surface area contributed by atoms with E-state index < -0.39 is 0 Å². The van der Waals surface area contributed by atoms with Gasteiger partial charge in [0.1, 0.15) is 0 Å². The van der Waals surface area contributed by atoms with Crippen molar-refractivity contribution in [2.75, 3.05) is 33.4 Å². The fourth-order valence-electron chi connectivity index (χ4n) is 2.96. The number of aromatic nitrogens is 3. The lowest BCUT2D eigenvalue weighted by atomic mass is 10.1. The van der Waals surface area contributed by atoms with Crippen molar-refractivity contribution in [1.82, 2.24) is 25.2 Å². The summed E-state index contributed by atoms with van der Waals surface area (Å²) in [5.74, 6) is 0.210. The van der Waals surface area contributed by atoms with Crippen LogP contribution in [0.3, 0.4) is 0 Å². The highest BCUT2D eigenvalue weighted by atomic mass is 16.5. The Kier molecular flexibility index (Phi) is 6.43. The van der Waals surface area contributed by atoms with Gasteiger partial charge in [-0.1, -0.05) is 0 Å². The molecule has 2 amide bonds. The maximum absolute atomic E-state index is 12.8. The van der Waals surface area contributed by atoms with Gasteiger partial charge in [-0.25, -0.2) is 9.97 Å². The Balaban J connectivity index is 1.69. The van der Waals surface area contributed by atoms with E-state index in [0.29, 0.717) is 37.5 Å². The van der Waals surface area contributed by atoms with Gasteiger partial charge in [0, 0.05) is 51.0 Å². The van der Waals surface area contributed by atoms with E-state index in [-0.39, 0.29) is 18.4 Å². The van der Waals surface area contributed by atoms with Gasteiger partial charge in [-0.2, -0.15) is 0 Å². The van der Waals surface area contributed by atoms with Crippen molar-refractivity contribution in [1.29, 1.82) is 0 Å². The van der Waals surface area contributed by atoms with Crippen molar-refractivity contribution in [3.8, 4) is 11.4 Å². The Bertz CT molecular complexity index is 797. The van der Waals surface area contributed by atoms with Gasteiger partial charge in [-0.15, -0.1) is 0 Å². The molecule has 142 valence electrons. The number of carbonyl (C=O) groups is 2. The number of methoxy groups -OCH3 is 1. The third-order valence-electron chi connectivity index (χ3n) is 4.35. The zero-order chi connectivity index (χ0) is 19.1.